The summed E-state index contributed by atoms with van der Waals surface area (Å²) in [7, 11) is 0. The minimum Gasteiger partial charge on any atom is -0.357 e. The second-order valence-corrected chi connectivity index (χ2v) is 6.54. The quantitative estimate of drug-likeness (QED) is 0.206. The minimum absolute atomic E-state index is 0. The van der Waals surface area contributed by atoms with Gasteiger partial charge in [0.25, 0.3) is 0 Å². The molecule has 0 saturated heterocycles. The molecule has 0 bridgehead atoms. The van der Waals surface area contributed by atoms with Gasteiger partial charge in [-0.05, 0) is 44.4 Å². The second-order valence-electron chi connectivity index (χ2n) is 6.54. The van der Waals surface area contributed by atoms with Gasteiger partial charge in [-0.15, -0.1) is 24.0 Å². The smallest absolute Gasteiger partial charge is 0.246 e. The molecule has 1 amide bonds. The fraction of sp³-hybridized carbons (Fsp3) is 0.333. The summed E-state index contributed by atoms with van der Waals surface area (Å²) in [6.45, 7) is 4.19. The van der Waals surface area contributed by atoms with Crippen molar-refractivity contribution in [2.75, 3.05) is 18.4 Å². The van der Waals surface area contributed by atoms with Gasteiger partial charge in [-0.3, -0.25) is 4.79 Å². The molecule has 0 aromatic heterocycles. The van der Waals surface area contributed by atoms with E-state index in [0.717, 1.165) is 25.0 Å². The second kappa shape index (κ2) is 13.1. The Morgan fingerprint density at radius 3 is 2.43 bits per heavy atom. The van der Waals surface area contributed by atoms with E-state index in [-0.39, 0.29) is 36.6 Å². The normalized spacial score (nSPS) is 12.0. The summed E-state index contributed by atoms with van der Waals surface area (Å²) in [6.07, 6.45) is 1.75. The summed E-state index contributed by atoms with van der Waals surface area (Å²) in [5.74, 6) is -4.60. The Kier molecular flexibility index (Phi) is 11.2. The lowest BCUT2D eigenvalue weighted by Gasteiger charge is -2.18. The zero-order chi connectivity index (χ0) is 21.2. The molecule has 9 heteroatoms. The molecule has 30 heavy (non-hydrogen) atoms. The van der Waals surface area contributed by atoms with Crippen LogP contribution in [0.2, 0.25) is 0 Å². The molecule has 0 saturated carbocycles. The summed E-state index contributed by atoms with van der Waals surface area (Å²) in [6, 6.07) is 11.9. The number of halogens is 4. The number of amides is 1. The molecular weight excluding hydrogens is 508 g/mol. The van der Waals surface area contributed by atoms with Gasteiger partial charge in [0.1, 0.15) is 6.54 Å². The molecule has 0 heterocycles. The number of nitrogens with zero attached hydrogens (tertiary/aromatic N) is 1. The predicted molar refractivity (Wildman–Crippen MR) is 124 cm³/mol. The molecule has 2 aromatic rings. The van der Waals surface area contributed by atoms with E-state index in [4.69, 9.17) is 0 Å². The fourth-order valence-electron chi connectivity index (χ4n) is 2.62. The van der Waals surface area contributed by atoms with E-state index >= 15 is 0 Å². The standard InChI is InChI=1S/C21H25F3N4O.HI/c1-3-25-21(27-14(2)9-10-15-7-5-4-6-8-15)26-13-18(29)28-17-12-11-16(22)19(23)20(17)24;/h4-8,11-12,14H,3,9-10,13H2,1-2H3,(H,28,29)(H2,25,26,27);1H. The molecule has 2 aromatic carbocycles. The Labute approximate surface area is 191 Å². The number of carbonyl (C=O) groups excluding carboxylic acids is 1. The number of nitrogens with one attached hydrogen (secondary N) is 3. The van der Waals surface area contributed by atoms with Crippen LogP contribution in [0.25, 0.3) is 0 Å². The molecule has 0 fully saturated rings. The summed E-state index contributed by atoms with van der Waals surface area (Å²) in [5.41, 5.74) is 0.800. The van der Waals surface area contributed by atoms with Crippen molar-refractivity contribution in [1.82, 2.24) is 10.6 Å². The van der Waals surface area contributed by atoms with Crippen molar-refractivity contribution in [2.24, 2.45) is 4.99 Å². The minimum atomic E-state index is -1.63. The van der Waals surface area contributed by atoms with Gasteiger partial charge >= 0.3 is 0 Å². The predicted octanol–water partition coefficient (Wildman–Crippen LogP) is 4.24. The van der Waals surface area contributed by atoms with Crippen LogP contribution in [0.1, 0.15) is 25.8 Å². The first-order chi connectivity index (χ1) is 13.9. The van der Waals surface area contributed by atoms with Crippen LogP contribution in [0.3, 0.4) is 0 Å². The molecule has 164 valence electrons. The molecule has 1 unspecified atom stereocenters. The third-order valence-electron chi connectivity index (χ3n) is 4.13. The van der Waals surface area contributed by atoms with Gasteiger partial charge in [0.15, 0.2) is 23.4 Å². The van der Waals surface area contributed by atoms with E-state index in [1.807, 2.05) is 32.0 Å². The van der Waals surface area contributed by atoms with Crippen LogP contribution in [0.4, 0.5) is 18.9 Å². The Hall–Kier alpha value is -2.30. The van der Waals surface area contributed by atoms with E-state index in [1.54, 1.807) is 0 Å². The van der Waals surface area contributed by atoms with E-state index in [0.29, 0.717) is 12.5 Å². The highest BCUT2D eigenvalue weighted by atomic mass is 127. The van der Waals surface area contributed by atoms with Crippen molar-refractivity contribution >= 4 is 41.5 Å². The Bertz CT molecular complexity index is 850. The first kappa shape index (κ1) is 25.7. The maximum Gasteiger partial charge on any atom is 0.246 e. The number of rotatable bonds is 8. The van der Waals surface area contributed by atoms with Crippen molar-refractivity contribution in [3.63, 3.8) is 0 Å². The van der Waals surface area contributed by atoms with Crippen molar-refractivity contribution in [3.8, 4) is 0 Å². The van der Waals surface area contributed by atoms with Crippen LogP contribution in [-0.4, -0.2) is 31.0 Å². The maximum atomic E-state index is 13.6. The zero-order valence-corrected chi connectivity index (χ0v) is 19.2. The van der Waals surface area contributed by atoms with Gasteiger partial charge in [-0.2, -0.15) is 0 Å². The number of guanidine groups is 1. The molecular formula is C21H26F3IN4O. The van der Waals surface area contributed by atoms with Gasteiger partial charge in [-0.1, -0.05) is 30.3 Å². The van der Waals surface area contributed by atoms with Gasteiger partial charge < -0.3 is 16.0 Å². The van der Waals surface area contributed by atoms with Crippen LogP contribution < -0.4 is 16.0 Å². The summed E-state index contributed by atoms with van der Waals surface area (Å²) in [4.78, 5) is 16.2. The number of aliphatic imine (C=N–C) groups is 1. The van der Waals surface area contributed by atoms with Crippen LogP contribution in [0, 0.1) is 17.5 Å². The number of anilines is 1. The highest BCUT2D eigenvalue weighted by Gasteiger charge is 2.15. The third-order valence-corrected chi connectivity index (χ3v) is 4.13. The number of aryl methyl sites for hydroxylation is 1. The fourth-order valence-corrected chi connectivity index (χ4v) is 2.62. The van der Waals surface area contributed by atoms with E-state index in [1.165, 1.54) is 5.56 Å². The molecule has 0 spiro atoms. The van der Waals surface area contributed by atoms with E-state index in [2.05, 4.69) is 33.1 Å². The first-order valence-corrected chi connectivity index (χ1v) is 9.42. The summed E-state index contributed by atoms with van der Waals surface area (Å²) < 4.78 is 39.9. The Morgan fingerprint density at radius 2 is 1.77 bits per heavy atom. The zero-order valence-electron chi connectivity index (χ0n) is 16.8. The maximum absolute atomic E-state index is 13.6. The number of benzene rings is 2. The largest absolute Gasteiger partial charge is 0.357 e. The number of hydrogen-bond donors (Lipinski definition) is 3. The molecule has 0 aliphatic carbocycles. The molecule has 0 radical (unpaired) electrons. The summed E-state index contributed by atoms with van der Waals surface area (Å²) in [5, 5.41) is 8.44. The monoisotopic (exact) mass is 534 g/mol. The Morgan fingerprint density at radius 1 is 1.07 bits per heavy atom. The van der Waals surface area contributed by atoms with Crippen molar-refractivity contribution in [2.45, 2.75) is 32.7 Å². The molecule has 0 aliphatic heterocycles. The lowest BCUT2D eigenvalue weighted by Crippen LogP contribution is -2.42. The topological polar surface area (TPSA) is 65.5 Å². The SMILES string of the molecule is CCNC(=NCC(=O)Nc1ccc(F)c(F)c1F)NC(C)CCc1ccccc1.I. The number of hydrogen-bond acceptors (Lipinski definition) is 2. The van der Waals surface area contributed by atoms with Crippen LogP contribution >= 0.6 is 24.0 Å². The van der Waals surface area contributed by atoms with Crippen molar-refractivity contribution in [1.29, 1.82) is 0 Å². The van der Waals surface area contributed by atoms with Gasteiger partial charge in [0.05, 0.1) is 5.69 Å². The highest BCUT2D eigenvalue weighted by molar-refractivity contribution is 14.0. The summed E-state index contributed by atoms with van der Waals surface area (Å²) >= 11 is 0. The number of carbonyl (C=O) groups is 1. The molecule has 5 nitrogen and oxygen atoms in total. The van der Waals surface area contributed by atoms with E-state index < -0.39 is 29.0 Å². The Balaban J connectivity index is 0.00000450. The molecule has 0 aliphatic rings. The van der Waals surface area contributed by atoms with Crippen molar-refractivity contribution in [3.05, 3.63) is 65.5 Å². The van der Waals surface area contributed by atoms with Gasteiger partial charge in [0.2, 0.25) is 5.91 Å². The van der Waals surface area contributed by atoms with Crippen LogP contribution in [0.15, 0.2) is 47.5 Å². The average Bonchev–Trinajstić information content (AvgIpc) is 2.72. The first-order valence-electron chi connectivity index (χ1n) is 9.42. The molecule has 2 rings (SSSR count). The van der Waals surface area contributed by atoms with Gasteiger partial charge in [0, 0.05) is 12.6 Å². The lowest BCUT2D eigenvalue weighted by atomic mass is 10.1. The van der Waals surface area contributed by atoms with Crippen LogP contribution in [0.5, 0.6) is 0 Å². The van der Waals surface area contributed by atoms with Gasteiger partial charge in [-0.25, -0.2) is 18.2 Å². The third kappa shape index (κ3) is 8.21. The van der Waals surface area contributed by atoms with E-state index in [9.17, 15) is 18.0 Å². The molecule has 3 N–H and O–H groups in total. The average molecular weight is 534 g/mol. The highest BCUT2D eigenvalue weighted by Crippen LogP contribution is 2.19. The van der Waals surface area contributed by atoms with Crippen LogP contribution in [-0.2, 0) is 11.2 Å². The van der Waals surface area contributed by atoms with Crippen molar-refractivity contribution < 1.29 is 18.0 Å². The molecule has 1 atom stereocenters. The lowest BCUT2D eigenvalue weighted by molar-refractivity contribution is -0.114.